The second-order valence-electron chi connectivity index (χ2n) is 5.05. The minimum Gasteiger partial charge on any atom is -0.324 e. The van der Waals surface area contributed by atoms with Crippen LogP contribution in [0.2, 0.25) is 0 Å². The van der Waals surface area contributed by atoms with E-state index >= 15 is 0 Å². The summed E-state index contributed by atoms with van der Waals surface area (Å²) >= 11 is 1.79. The summed E-state index contributed by atoms with van der Waals surface area (Å²) < 4.78 is 13.6. The molecule has 4 heteroatoms. The number of thiophene rings is 1. The number of likely N-dealkylation sites (N-methyl/N-ethyl adjacent to an activating group) is 1. The smallest absolute Gasteiger partial charge is 0.127 e. The molecule has 1 aromatic carbocycles. The van der Waals surface area contributed by atoms with Crippen LogP contribution in [-0.2, 0) is 6.42 Å². The highest BCUT2D eigenvalue weighted by molar-refractivity contribution is 7.09. The first-order valence-electron chi connectivity index (χ1n) is 6.87. The van der Waals surface area contributed by atoms with Crippen molar-refractivity contribution in [1.29, 1.82) is 0 Å². The molecule has 1 heterocycles. The summed E-state index contributed by atoms with van der Waals surface area (Å²) in [4.78, 5) is 3.65. The van der Waals surface area contributed by atoms with E-state index in [9.17, 15) is 4.39 Å². The number of hydrogen-bond donors (Lipinski definition) is 1. The molecule has 0 saturated heterocycles. The molecular weight excluding hydrogens is 271 g/mol. The molecule has 2 aromatic rings. The lowest BCUT2D eigenvalue weighted by atomic mass is 10.0. The second-order valence-corrected chi connectivity index (χ2v) is 6.08. The van der Waals surface area contributed by atoms with Crippen molar-refractivity contribution >= 4 is 11.3 Å². The van der Waals surface area contributed by atoms with Crippen molar-refractivity contribution in [3.05, 3.63) is 58.0 Å². The number of hydrogen-bond acceptors (Lipinski definition) is 3. The van der Waals surface area contributed by atoms with Crippen molar-refractivity contribution in [1.82, 2.24) is 4.90 Å². The maximum absolute atomic E-state index is 13.6. The number of benzene rings is 1. The molecular formula is C16H21FN2S. The Labute approximate surface area is 124 Å². The molecule has 1 aromatic heterocycles. The third-order valence-electron chi connectivity index (χ3n) is 3.45. The largest absolute Gasteiger partial charge is 0.324 e. The Balaban J connectivity index is 1.75. The average molecular weight is 292 g/mol. The number of halogens is 1. The van der Waals surface area contributed by atoms with Crippen LogP contribution in [-0.4, -0.2) is 25.0 Å². The molecule has 0 aliphatic heterocycles. The number of nitrogens with two attached hydrogens (primary N) is 1. The Kier molecular flexibility index (Phi) is 5.71. The average Bonchev–Trinajstić information content (AvgIpc) is 2.96. The monoisotopic (exact) mass is 292 g/mol. The summed E-state index contributed by atoms with van der Waals surface area (Å²) in [7, 11) is 2.08. The van der Waals surface area contributed by atoms with Crippen molar-refractivity contribution < 1.29 is 4.39 Å². The number of rotatable bonds is 7. The first kappa shape index (κ1) is 15.2. The number of nitrogens with zero attached hydrogens (tertiary/aromatic N) is 1. The Bertz CT molecular complexity index is 513. The standard InChI is InChI=1S/C16H21FN2S/c1-19(10-8-13-5-4-12-20-13)11-9-16(18)14-6-2-3-7-15(14)17/h2-7,12,16H,8-11,18H2,1H3. The van der Waals surface area contributed by atoms with Crippen molar-refractivity contribution in [2.75, 3.05) is 20.1 Å². The Hall–Kier alpha value is -1.23. The van der Waals surface area contributed by atoms with Gasteiger partial charge in [-0.3, -0.25) is 0 Å². The molecule has 2 nitrogen and oxygen atoms in total. The van der Waals surface area contributed by atoms with Crippen LogP contribution in [0.3, 0.4) is 0 Å². The third-order valence-corrected chi connectivity index (χ3v) is 4.38. The van der Waals surface area contributed by atoms with Crippen LogP contribution in [0, 0.1) is 5.82 Å². The molecule has 0 aliphatic carbocycles. The minimum atomic E-state index is -0.236. The fourth-order valence-corrected chi connectivity index (χ4v) is 2.86. The van der Waals surface area contributed by atoms with Crippen molar-refractivity contribution in [2.45, 2.75) is 18.9 Å². The van der Waals surface area contributed by atoms with Gasteiger partial charge in [0.15, 0.2) is 0 Å². The van der Waals surface area contributed by atoms with Gasteiger partial charge < -0.3 is 10.6 Å². The topological polar surface area (TPSA) is 29.3 Å². The van der Waals surface area contributed by atoms with Crippen LogP contribution in [0.4, 0.5) is 4.39 Å². The van der Waals surface area contributed by atoms with E-state index in [1.165, 1.54) is 10.9 Å². The first-order chi connectivity index (χ1) is 9.66. The van der Waals surface area contributed by atoms with Gasteiger partial charge in [0, 0.05) is 23.0 Å². The van der Waals surface area contributed by atoms with Gasteiger partial charge in [-0.05, 0) is 43.9 Å². The van der Waals surface area contributed by atoms with E-state index in [1.54, 1.807) is 23.5 Å². The van der Waals surface area contributed by atoms with Gasteiger partial charge in [0.05, 0.1) is 0 Å². The zero-order valence-corrected chi connectivity index (χ0v) is 12.6. The summed E-state index contributed by atoms with van der Waals surface area (Å²) in [6.45, 7) is 1.88. The molecule has 108 valence electrons. The van der Waals surface area contributed by atoms with Crippen LogP contribution in [0.5, 0.6) is 0 Å². The van der Waals surface area contributed by atoms with Crippen molar-refractivity contribution in [3.63, 3.8) is 0 Å². The van der Waals surface area contributed by atoms with E-state index < -0.39 is 0 Å². The van der Waals surface area contributed by atoms with Gasteiger partial charge in [-0.25, -0.2) is 4.39 Å². The maximum atomic E-state index is 13.6. The van der Waals surface area contributed by atoms with Gasteiger partial charge in [0.2, 0.25) is 0 Å². The van der Waals surface area contributed by atoms with Crippen molar-refractivity contribution in [2.24, 2.45) is 5.73 Å². The molecule has 20 heavy (non-hydrogen) atoms. The van der Waals surface area contributed by atoms with E-state index in [0.29, 0.717) is 5.56 Å². The molecule has 1 atom stereocenters. The lowest BCUT2D eigenvalue weighted by Gasteiger charge is -2.19. The van der Waals surface area contributed by atoms with E-state index in [4.69, 9.17) is 5.73 Å². The Morgan fingerprint density at radius 1 is 1.20 bits per heavy atom. The van der Waals surface area contributed by atoms with Crippen LogP contribution >= 0.6 is 11.3 Å². The highest BCUT2D eigenvalue weighted by atomic mass is 32.1. The van der Waals surface area contributed by atoms with E-state index in [-0.39, 0.29) is 11.9 Å². The molecule has 1 unspecified atom stereocenters. The molecule has 0 spiro atoms. The fourth-order valence-electron chi connectivity index (χ4n) is 2.16. The minimum absolute atomic E-state index is 0.207. The van der Waals surface area contributed by atoms with Crippen LogP contribution in [0.15, 0.2) is 41.8 Å². The summed E-state index contributed by atoms with van der Waals surface area (Å²) in [6.07, 6.45) is 1.82. The van der Waals surface area contributed by atoms with Crippen LogP contribution < -0.4 is 5.73 Å². The summed E-state index contributed by atoms with van der Waals surface area (Å²) in [6, 6.07) is 10.8. The summed E-state index contributed by atoms with van der Waals surface area (Å²) in [5, 5.41) is 2.10. The molecule has 0 saturated carbocycles. The lowest BCUT2D eigenvalue weighted by Crippen LogP contribution is -2.26. The molecule has 0 radical (unpaired) electrons. The normalized spacial score (nSPS) is 12.8. The lowest BCUT2D eigenvalue weighted by molar-refractivity contribution is 0.322. The molecule has 2 N–H and O–H groups in total. The zero-order valence-electron chi connectivity index (χ0n) is 11.8. The van der Waals surface area contributed by atoms with Crippen LogP contribution in [0.25, 0.3) is 0 Å². The van der Waals surface area contributed by atoms with Gasteiger partial charge in [-0.15, -0.1) is 11.3 Å². The highest BCUT2D eigenvalue weighted by Crippen LogP contribution is 2.17. The molecule has 2 rings (SSSR count). The van der Waals surface area contributed by atoms with Gasteiger partial charge in [0.25, 0.3) is 0 Å². The first-order valence-corrected chi connectivity index (χ1v) is 7.75. The maximum Gasteiger partial charge on any atom is 0.127 e. The van der Waals surface area contributed by atoms with Crippen LogP contribution in [0.1, 0.15) is 22.9 Å². The molecule has 0 aliphatic rings. The summed E-state index contributed by atoms with van der Waals surface area (Å²) in [5.41, 5.74) is 6.68. The fraction of sp³-hybridized carbons (Fsp3) is 0.375. The van der Waals surface area contributed by atoms with Crippen molar-refractivity contribution in [3.8, 4) is 0 Å². The van der Waals surface area contributed by atoms with Gasteiger partial charge >= 0.3 is 0 Å². The SMILES string of the molecule is CN(CCc1cccs1)CCC(N)c1ccccc1F. The molecule has 0 amide bonds. The van der Waals surface area contributed by atoms with E-state index in [2.05, 4.69) is 29.5 Å². The Morgan fingerprint density at radius 3 is 2.70 bits per heavy atom. The third kappa shape index (κ3) is 4.40. The Morgan fingerprint density at radius 2 is 2.00 bits per heavy atom. The highest BCUT2D eigenvalue weighted by Gasteiger charge is 2.11. The van der Waals surface area contributed by atoms with E-state index in [1.807, 2.05) is 6.07 Å². The summed E-state index contributed by atoms with van der Waals surface area (Å²) in [5.74, 6) is -0.207. The molecule has 0 fully saturated rings. The van der Waals surface area contributed by atoms with Gasteiger partial charge in [0.1, 0.15) is 5.82 Å². The predicted molar refractivity (Wildman–Crippen MR) is 83.5 cm³/mol. The van der Waals surface area contributed by atoms with Gasteiger partial charge in [-0.2, -0.15) is 0 Å². The predicted octanol–water partition coefficient (Wildman–Crippen LogP) is 3.45. The molecule has 0 bridgehead atoms. The zero-order chi connectivity index (χ0) is 14.4. The quantitative estimate of drug-likeness (QED) is 0.847. The second kappa shape index (κ2) is 7.53. The van der Waals surface area contributed by atoms with E-state index in [0.717, 1.165) is 25.9 Å². The van der Waals surface area contributed by atoms with Gasteiger partial charge in [-0.1, -0.05) is 24.3 Å².